The van der Waals surface area contributed by atoms with Crippen LogP contribution in [0.25, 0.3) is 0 Å². The minimum absolute atomic E-state index is 0.276. The number of nitrogens with one attached hydrogen (secondary N) is 2. The van der Waals surface area contributed by atoms with Crippen molar-refractivity contribution in [1.29, 1.82) is 0 Å². The zero-order valence-corrected chi connectivity index (χ0v) is 20.5. The van der Waals surface area contributed by atoms with Crippen molar-refractivity contribution in [2.75, 3.05) is 5.32 Å². The smallest absolute Gasteiger partial charge is 0.256 e. The normalized spacial score (nSPS) is 25.3. The van der Waals surface area contributed by atoms with Gasteiger partial charge in [0.1, 0.15) is 12.4 Å². The lowest BCUT2D eigenvalue weighted by molar-refractivity contribution is -0.532. The Balaban J connectivity index is 1.57. The first kappa shape index (κ1) is 22.8. The fourth-order valence-corrected chi connectivity index (χ4v) is 5.68. The highest BCUT2D eigenvalue weighted by Crippen LogP contribution is 2.51. The van der Waals surface area contributed by atoms with Gasteiger partial charge in [0.15, 0.2) is 5.54 Å². The van der Waals surface area contributed by atoms with Crippen LogP contribution in [0.15, 0.2) is 71.2 Å². The van der Waals surface area contributed by atoms with E-state index in [0.717, 1.165) is 10.0 Å². The number of nitrogens with zero attached hydrogens (tertiary/aromatic N) is 1. The molecule has 1 saturated heterocycles. The molecule has 174 valence electrons. The monoisotopic (exact) mass is 541 g/mol. The molecule has 5 rings (SSSR count). The molecule has 2 aliphatic rings. The number of carbonyl (C=O) groups excluding carboxylic acids is 1. The number of anilines is 1. The molecule has 34 heavy (non-hydrogen) atoms. The lowest BCUT2D eigenvalue weighted by atomic mass is 9.78. The van der Waals surface area contributed by atoms with E-state index in [4.69, 9.17) is 16.3 Å². The lowest BCUT2D eigenvalue weighted by Gasteiger charge is -2.26. The number of para-hydroxylation sites is 1. The van der Waals surface area contributed by atoms with Crippen LogP contribution in [0.4, 0.5) is 5.69 Å². The van der Waals surface area contributed by atoms with Crippen LogP contribution in [0.1, 0.15) is 29.5 Å². The molecule has 7 nitrogen and oxygen atoms in total. The van der Waals surface area contributed by atoms with Crippen LogP contribution in [-0.4, -0.2) is 22.9 Å². The molecular weight excluding hydrogens is 522 g/mol. The van der Waals surface area contributed by atoms with E-state index in [1.54, 1.807) is 42.5 Å². The van der Waals surface area contributed by atoms with E-state index >= 15 is 0 Å². The Bertz CT molecular complexity index is 1290. The SMILES string of the molecule is C[C@@H]1N[C@]2(C(=O)Nc3ccccc32)[C@H]([N+](=O)[O-])[C@@H]1c1cc(Br)ccc1OCc1ccc(Cl)cc1. The van der Waals surface area contributed by atoms with Gasteiger partial charge in [-0.05, 0) is 48.9 Å². The number of benzene rings is 3. The first-order chi connectivity index (χ1) is 16.3. The minimum atomic E-state index is -1.47. The number of halogens is 2. The number of amides is 1. The first-order valence-electron chi connectivity index (χ1n) is 10.8. The van der Waals surface area contributed by atoms with Crippen molar-refractivity contribution >= 4 is 39.1 Å². The molecule has 1 fully saturated rings. The van der Waals surface area contributed by atoms with Gasteiger partial charge in [0.2, 0.25) is 0 Å². The summed E-state index contributed by atoms with van der Waals surface area (Å²) >= 11 is 9.47. The molecule has 3 aromatic rings. The Kier molecular flexibility index (Phi) is 5.83. The van der Waals surface area contributed by atoms with Gasteiger partial charge in [-0.3, -0.25) is 20.2 Å². The van der Waals surface area contributed by atoms with Crippen LogP contribution in [0.3, 0.4) is 0 Å². The van der Waals surface area contributed by atoms with E-state index in [2.05, 4.69) is 26.6 Å². The van der Waals surface area contributed by atoms with E-state index in [1.165, 1.54) is 0 Å². The van der Waals surface area contributed by atoms with Crippen LogP contribution >= 0.6 is 27.5 Å². The Labute approximate surface area is 209 Å². The van der Waals surface area contributed by atoms with Crippen molar-refractivity contribution < 1.29 is 14.5 Å². The molecule has 4 atom stereocenters. The van der Waals surface area contributed by atoms with E-state index in [0.29, 0.717) is 27.6 Å². The molecule has 0 aromatic heterocycles. The second-order valence-corrected chi connectivity index (χ2v) is 9.95. The van der Waals surface area contributed by atoms with Crippen LogP contribution in [0, 0.1) is 10.1 Å². The van der Waals surface area contributed by atoms with Crippen LogP contribution in [0.2, 0.25) is 5.02 Å². The molecule has 0 unspecified atom stereocenters. The Morgan fingerprint density at radius 1 is 1.15 bits per heavy atom. The summed E-state index contributed by atoms with van der Waals surface area (Å²) in [6.07, 6.45) is 0. The Hall–Kier alpha value is -2.94. The number of rotatable bonds is 5. The lowest BCUT2D eigenvalue weighted by Crippen LogP contribution is -2.54. The molecule has 0 radical (unpaired) electrons. The summed E-state index contributed by atoms with van der Waals surface area (Å²) in [7, 11) is 0. The highest BCUT2D eigenvalue weighted by Gasteiger charge is 2.68. The van der Waals surface area contributed by atoms with Crippen molar-refractivity contribution in [1.82, 2.24) is 5.32 Å². The van der Waals surface area contributed by atoms with Crippen molar-refractivity contribution in [3.63, 3.8) is 0 Å². The van der Waals surface area contributed by atoms with E-state index in [9.17, 15) is 14.9 Å². The number of nitro groups is 1. The molecule has 2 N–H and O–H groups in total. The summed E-state index contributed by atoms with van der Waals surface area (Å²) in [5.41, 5.74) is 1.30. The Morgan fingerprint density at radius 3 is 2.62 bits per heavy atom. The second-order valence-electron chi connectivity index (χ2n) is 8.59. The highest BCUT2D eigenvalue weighted by atomic mass is 79.9. The number of fused-ring (bicyclic) bond motifs is 2. The standard InChI is InChI=1S/C25H21BrClN3O4/c1-14-22(18-12-16(26)8-11-21(18)34-13-15-6-9-17(27)10-7-15)23(30(32)33)25(29-14)19-4-2-3-5-20(19)28-24(25)31/h2-12,14,22-23,29H,13H2,1H3,(H,28,31)/t14-,22-,23+,25-/m0/s1. The van der Waals surface area contributed by atoms with Gasteiger partial charge in [-0.25, -0.2) is 0 Å². The molecule has 0 bridgehead atoms. The van der Waals surface area contributed by atoms with Crippen molar-refractivity contribution in [2.45, 2.75) is 37.1 Å². The number of carbonyl (C=O) groups is 1. The molecule has 2 heterocycles. The number of hydrogen-bond acceptors (Lipinski definition) is 5. The number of ether oxygens (including phenoxy) is 1. The molecule has 1 amide bonds. The summed E-state index contributed by atoms with van der Waals surface area (Å²) in [6, 6.07) is 18.3. The fraction of sp³-hybridized carbons (Fsp3) is 0.240. The quantitative estimate of drug-likeness (QED) is 0.339. The zero-order valence-electron chi connectivity index (χ0n) is 18.1. The van der Waals surface area contributed by atoms with E-state index in [-0.39, 0.29) is 17.6 Å². The number of hydrogen-bond donors (Lipinski definition) is 2. The molecule has 2 aliphatic heterocycles. The summed E-state index contributed by atoms with van der Waals surface area (Å²) in [5, 5.41) is 19.3. The predicted molar refractivity (Wildman–Crippen MR) is 133 cm³/mol. The third-order valence-corrected chi connectivity index (χ3v) is 7.35. The van der Waals surface area contributed by atoms with Crippen LogP contribution in [0.5, 0.6) is 5.75 Å². The average molecular weight is 543 g/mol. The van der Waals surface area contributed by atoms with E-state index < -0.39 is 23.4 Å². The van der Waals surface area contributed by atoms with Gasteiger partial charge in [0, 0.05) is 37.3 Å². The third-order valence-electron chi connectivity index (χ3n) is 6.60. The van der Waals surface area contributed by atoms with Gasteiger partial charge in [-0.2, -0.15) is 0 Å². The van der Waals surface area contributed by atoms with Gasteiger partial charge in [0.05, 0.1) is 5.92 Å². The van der Waals surface area contributed by atoms with Crippen LogP contribution in [-0.2, 0) is 16.9 Å². The molecule has 3 aromatic carbocycles. The topological polar surface area (TPSA) is 93.5 Å². The van der Waals surface area contributed by atoms with Gasteiger partial charge < -0.3 is 10.1 Å². The zero-order chi connectivity index (χ0) is 24.0. The van der Waals surface area contributed by atoms with Gasteiger partial charge in [-0.15, -0.1) is 0 Å². The maximum atomic E-state index is 13.3. The van der Waals surface area contributed by atoms with Gasteiger partial charge in [0.25, 0.3) is 11.9 Å². The van der Waals surface area contributed by atoms with Gasteiger partial charge in [-0.1, -0.05) is 57.9 Å². The summed E-state index contributed by atoms with van der Waals surface area (Å²) in [5.74, 6) is -0.500. The fourth-order valence-electron chi connectivity index (χ4n) is 5.17. The predicted octanol–water partition coefficient (Wildman–Crippen LogP) is 5.25. The van der Waals surface area contributed by atoms with E-state index in [1.807, 2.05) is 31.2 Å². The Morgan fingerprint density at radius 2 is 1.88 bits per heavy atom. The highest BCUT2D eigenvalue weighted by molar-refractivity contribution is 9.10. The van der Waals surface area contributed by atoms with Crippen molar-refractivity contribution in [3.05, 3.63) is 103 Å². The molecule has 1 spiro atoms. The largest absolute Gasteiger partial charge is 0.489 e. The molecule has 0 saturated carbocycles. The average Bonchev–Trinajstić information content (AvgIpc) is 3.27. The third kappa shape index (κ3) is 3.66. The van der Waals surface area contributed by atoms with Crippen LogP contribution < -0.4 is 15.4 Å². The molecule has 9 heteroatoms. The summed E-state index contributed by atoms with van der Waals surface area (Å²) in [6.45, 7) is 2.14. The second kappa shape index (κ2) is 8.69. The first-order valence-corrected chi connectivity index (χ1v) is 12.0. The van der Waals surface area contributed by atoms with Crippen molar-refractivity contribution in [2.24, 2.45) is 0 Å². The summed E-state index contributed by atoms with van der Waals surface area (Å²) in [4.78, 5) is 25.5. The minimum Gasteiger partial charge on any atom is -0.489 e. The van der Waals surface area contributed by atoms with Crippen molar-refractivity contribution in [3.8, 4) is 5.75 Å². The van der Waals surface area contributed by atoms with Gasteiger partial charge >= 0.3 is 0 Å². The summed E-state index contributed by atoms with van der Waals surface area (Å²) < 4.78 is 6.91. The molecular formula is C25H21BrClN3O4. The maximum Gasteiger partial charge on any atom is 0.256 e. The maximum absolute atomic E-state index is 13.3. The molecule has 0 aliphatic carbocycles.